The van der Waals surface area contributed by atoms with E-state index in [9.17, 15) is 0 Å². The largest absolute Gasteiger partial charge is 0.377 e. The van der Waals surface area contributed by atoms with Gasteiger partial charge in [0.25, 0.3) is 0 Å². The molecule has 0 saturated heterocycles. The minimum Gasteiger partial charge on any atom is -0.377 e. The van der Waals surface area contributed by atoms with Crippen LogP contribution in [0.2, 0.25) is 0 Å². The first-order valence-electron chi connectivity index (χ1n) is 9.79. The lowest BCUT2D eigenvalue weighted by Crippen LogP contribution is -2.31. The molecule has 0 bridgehead atoms. The summed E-state index contributed by atoms with van der Waals surface area (Å²) in [5.41, 5.74) is 4.30. The van der Waals surface area contributed by atoms with E-state index >= 15 is 0 Å². The van der Waals surface area contributed by atoms with E-state index in [0.29, 0.717) is 5.41 Å². The molecule has 1 saturated carbocycles. The molecule has 1 aromatic carbocycles. The average molecular weight is 341 g/mol. The van der Waals surface area contributed by atoms with Gasteiger partial charge in [-0.1, -0.05) is 49.6 Å². The predicted molar refractivity (Wildman–Crippen MR) is 103 cm³/mol. The Morgan fingerprint density at radius 2 is 1.84 bits per heavy atom. The van der Waals surface area contributed by atoms with Gasteiger partial charge in [0.2, 0.25) is 0 Å². The third-order valence-corrected chi connectivity index (χ3v) is 5.86. The van der Waals surface area contributed by atoms with E-state index in [-0.39, 0.29) is 0 Å². The van der Waals surface area contributed by atoms with Crippen molar-refractivity contribution in [1.29, 1.82) is 0 Å². The number of ether oxygens (including phenoxy) is 1. The molecule has 0 unspecified atom stereocenters. The van der Waals surface area contributed by atoms with Crippen LogP contribution in [0, 0.1) is 19.3 Å². The molecule has 0 aliphatic heterocycles. The molecule has 0 amide bonds. The van der Waals surface area contributed by atoms with Crippen molar-refractivity contribution in [2.45, 2.75) is 71.9 Å². The van der Waals surface area contributed by atoms with E-state index in [4.69, 9.17) is 4.74 Å². The Kier molecular flexibility index (Phi) is 6.30. The second kappa shape index (κ2) is 8.66. The first kappa shape index (κ1) is 18.2. The third-order valence-electron chi connectivity index (χ3n) is 5.86. The van der Waals surface area contributed by atoms with Crippen LogP contribution in [0.15, 0.2) is 36.5 Å². The van der Waals surface area contributed by atoms with Crippen LogP contribution < -0.4 is 0 Å². The van der Waals surface area contributed by atoms with Crippen molar-refractivity contribution in [2.24, 2.45) is 5.41 Å². The molecule has 3 rings (SSSR count). The zero-order valence-electron chi connectivity index (χ0n) is 15.8. The SMILES string of the molecule is Cc1cnn(CC2(CCCOCc3ccccc3)CCCCC2)c1C. The van der Waals surface area contributed by atoms with Gasteiger partial charge >= 0.3 is 0 Å². The minimum atomic E-state index is 0.414. The van der Waals surface area contributed by atoms with Gasteiger partial charge in [0.05, 0.1) is 12.8 Å². The maximum absolute atomic E-state index is 5.91. The molecular weight excluding hydrogens is 308 g/mol. The van der Waals surface area contributed by atoms with Crippen LogP contribution in [-0.2, 0) is 17.9 Å². The molecule has 3 heteroatoms. The number of benzene rings is 1. The topological polar surface area (TPSA) is 27.1 Å². The van der Waals surface area contributed by atoms with E-state index < -0.39 is 0 Å². The summed E-state index contributed by atoms with van der Waals surface area (Å²) >= 11 is 0. The van der Waals surface area contributed by atoms with E-state index in [1.54, 1.807) is 0 Å². The molecule has 3 nitrogen and oxygen atoms in total. The van der Waals surface area contributed by atoms with Crippen molar-refractivity contribution < 1.29 is 4.74 Å². The maximum Gasteiger partial charge on any atom is 0.0716 e. The van der Waals surface area contributed by atoms with Crippen LogP contribution in [0.3, 0.4) is 0 Å². The highest BCUT2D eigenvalue weighted by Gasteiger charge is 2.32. The first-order chi connectivity index (χ1) is 12.2. The fourth-order valence-electron chi connectivity index (χ4n) is 4.12. The highest BCUT2D eigenvalue weighted by molar-refractivity contribution is 5.14. The molecule has 0 radical (unpaired) electrons. The molecule has 136 valence electrons. The summed E-state index contributed by atoms with van der Waals surface area (Å²) in [6, 6.07) is 10.5. The van der Waals surface area contributed by atoms with Crippen molar-refractivity contribution >= 4 is 0 Å². The fraction of sp³-hybridized carbons (Fsp3) is 0.591. The standard InChI is InChI=1S/C22H32N2O/c1-19-16-23-24(20(19)2)18-22(12-7-4-8-13-22)14-9-15-25-17-21-10-5-3-6-11-21/h3,5-6,10-11,16H,4,7-9,12-15,17-18H2,1-2H3. The van der Waals surface area contributed by atoms with Gasteiger partial charge < -0.3 is 4.74 Å². The van der Waals surface area contributed by atoms with Gasteiger partial charge in [0, 0.05) is 18.8 Å². The van der Waals surface area contributed by atoms with Crippen LogP contribution >= 0.6 is 0 Å². The molecule has 0 N–H and O–H groups in total. The maximum atomic E-state index is 5.91. The van der Waals surface area contributed by atoms with Crippen LogP contribution in [0.25, 0.3) is 0 Å². The summed E-state index contributed by atoms with van der Waals surface area (Å²) in [6.07, 6.45) is 11.2. The van der Waals surface area contributed by atoms with E-state index in [2.05, 4.69) is 54.0 Å². The Balaban J connectivity index is 1.51. The Hall–Kier alpha value is -1.61. The molecule has 1 aliphatic carbocycles. The molecular formula is C22H32N2O. The lowest BCUT2D eigenvalue weighted by molar-refractivity contribution is 0.0830. The van der Waals surface area contributed by atoms with Crippen LogP contribution in [0.4, 0.5) is 0 Å². The lowest BCUT2D eigenvalue weighted by atomic mass is 9.71. The summed E-state index contributed by atoms with van der Waals surface area (Å²) in [5.74, 6) is 0. The second-order valence-electron chi connectivity index (χ2n) is 7.77. The quantitative estimate of drug-likeness (QED) is 0.598. The van der Waals surface area contributed by atoms with Crippen LogP contribution in [0.5, 0.6) is 0 Å². The Morgan fingerprint density at radius 3 is 2.52 bits per heavy atom. The van der Waals surface area contributed by atoms with Crippen molar-refractivity contribution in [2.75, 3.05) is 6.61 Å². The average Bonchev–Trinajstić information content (AvgIpc) is 2.95. The normalized spacial score (nSPS) is 16.9. The molecule has 1 fully saturated rings. The highest BCUT2D eigenvalue weighted by atomic mass is 16.5. The predicted octanol–water partition coefficient (Wildman–Crippen LogP) is 5.45. The zero-order chi connectivity index (χ0) is 17.5. The zero-order valence-corrected chi connectivity index (χ0v) is 15.8. The summed E-state index contributed by atoms with van der Waals surface area (Å²) in [6.45, 7) is 7.01. The second-order valence-corrected chi connectivity index (χ2v) is 7.77. The van der Waals surface area contributed by atoms with Gasteiger partial charge in [0.15, 0.2) is 0 Å². The summed E-state index contributed by atoms with van der Waals surface area (Å²) in [5, 5.41) is 4.62. The Morgan fingerprint density at radius 1 is 1.08 bits per heavy atom. The number of hydrogen-bond acceptors (Lipinski definition) is 2. The van der Waals surface area contributed by atoms with Gasteiger partial charge in [-0.05, 0) is 56.1 Å². The number of hydrogen-bond donors (Lipinski definition) is 0. The molecule has 25 heavy (non-hydrogen) atoms. The first-order valence-corrected chi connectivity index (χ1v) is 9.79. The van der Waals surface area contributed by atoms with Crippen molar-refractivity contribution in [3.05, 3.63) is 53.3 Å². The molecule has 1 aliphatic rings. The van der Waals surface area contributed by atoms with Gasteiger partial charge in [-0.2, -0.15) is 5.10 Å². The van der Waals surface area contributed by atoms with Crippen LogP contribution in [0.1, 0.15) is 61.8 Å². The summed E-state index contributed by atoms with van der Waals surface area (Å²) in [7, 11) is 0. The highest BCUT2D eigenvalue weighted by Crippen LogP contribution is 2.42. The Bertz CT molecular complexity index is 641. The van der Waals surface area contributed by atoms with E-state index in [0.717, 1.165) is 26.2 Å². The number of rotatable bonds is 8. The fourth-order valence-corrected chi connectivity index (χ4v) is 4.12. The monoisotopic (exact) mass is 340 g/mol. The summed E-state index contributed by atoms with van der Waals surface area (Å²) in [4.78, 5) is 0. The van der Waals surface area contributed by atoms with Crippen molar-refractivity contribution in [1.82, 2.24) is 9.78 Å². The van der Waals surface area contributed by atoms with E-state index in [1.165, 1.54) is 55.3 Å². The minimum absolute atomic E-state index is 0.414. The molecule has 0 spiro atoms. The van der Waals surface area contributed by atoms with Gasteiger partial charge in [-0.15, -0.1) is 0 Å². The number of aryl methyl sites for hydroxylation is 1. The molecule has 1 aromatic heterocycles. The number of nitrogens with zero attached hydrogens (tertiary/aromatic N) is 2. The Labute approximate surface area is 152 Å². The van der Waals surface area contributed by atoms with Gasteiger partial charge in [-0.25, -0.2) is 0 Å². The summed E-state index contributed by atoms with van der Waals surface area (Å²) < 4.78 is 8.15. The molecule has 2 aromatic rings. The van der Waals surface area contributed by atoms with Crippen molar-refractivity contribution in [3.8, 4) is 0 Å². The number of aromatic nitrogens is 2. The third kappa shape index (κ3) is 4.94. The van der Waals surface area contributed by atoms with Gasteiger partial charge in [0.1, 0.15) is 0 Å². The molecule has 0 atom stereocenters. The molecule has 1 heterocycles. The smallest absolute Gasteiger partial charge is 0.0716 e. The lowest BCUT2D eigenvalue weighted by Gasteiger charge is -2.38. The van der Waals surface area contributed by atoms with Crippen molar-refractivity contribution in [3.63, 3.8) is 0 Å². The van der Waals surface area contributed by atoms with E-state index in [1.807, 2.05) is 6.20 Å². The van der Waals surface area contributed by atoms with Crippen LogP contribution in [-0.4, -0.2) is 16.4 Å². The van der Waals surface area contributed by atoms with Gasteiger partial charge in [-0.3, -0.25) is 4.68 Å².